The van der Waals surface area contributed by atoms with Crippen LogP contribution in [0.3, 0.4) is 0 Å². The first-order valence-electron chi connectivity index (χ1n) is 6.75. The average molecular weight is 319 g/mol. The van der Waals surface area contributed by atoms with Gasteiger partial charge in [-0.2, -0.15) is 0 Å². The minimum absolute atomic E-state index is 0.163. The van der Waals surface area contributed by atoms with E-state index < -0.39 is 21.9 Å². The topological polar surface area (TPSA) is 83.5 Å². The van der Waals surface area contributed by atoms with Crippen molar-refractivity contribution in [2.45, 2.75) is 18.6 Å². The minimum atomic E-state index is -3.61. The molecule has 0 aliphatic heterocycles. The van der Waals surface area contributed by atoms with Gasteiger partial charge in [0.15, 0.2) is 0 Å². The smallest absolute Gasteiger partial charge is 0.310 e. The Kier molecular flexibility index (Phi) is 4.82. The molecule has 116 valence electrons. The Balaban J connectivity index is 2.25. The predicted molar refractivity (Wildman–Crippen MR) is 85.2 cm³/mol. The number of sulfonamides is 1. The van der Waals surface area contributed by atoms with Crippen molar-refractivity contribution in [2.75, 3.05) is 4.72 Å². The van der Waals surface area contributed by atoms with Crippen LogP contribution in [0.15, 0.2) is 54.6 Å². The van der Waals surface area contributed by atoms with Crippen LogP contribution in [0.5, 0.6) is 0 Å². The average Bonchev–Trinajstić information content (AvgIpc) is 2.47. The van der Waals surface area contributed by atoms with Crippen molar-refractivity contribution >= 4 is 21.7 Å². The van der Waals surface area contributed by atoms with Gasteiger partial charge in [-0.1, -0.05) is 48.5 Å². The lowest BCUT2D eigenvalue weighted by atomic mass is 10.00. The van der Waals surface area contributed by atoms with E-state index in [1.807, 2.05) is 6.07 Å². The van der Waals surface area contributed by atoms with Gasteiger partial charge in [0.1, 0.15) is 0 Å². The van der Waals surface area contributed by atoms with Gasteiger partial charge in [0.05, 0.1) is 17.4 Å². The molecular formula is C16H17NO4S. The number of carbonyl (C=O) groups is 1. The van der Waals surface area contributed by atoms with Crippen molar-refractivity contribution in [3.05, 3.63) is 65.7 Å². The molecule has 22 heavy (non-hydrogen) atoms. The van der Waals surface area contributed by atoms with Gasteiger partial charge in [-0.3, -0.25) is 9.52 Å². The van der Waals surface area contributed by atoms with Crippen LogP contribution in [-0.2, 0) is 20.6 Å². The van der Waals surface area contributed by atoms with Crippen molar-refractivity contribution in [1.82, 2.24) is 0 Å². The van der Waals surface area contributed by atoms with Crippen molar-refractivity contribution in [3.63, 3.8) is 0 Å². The van der Waals surface area contributed by atoms with Gasteiger partial charge in [-0.05, 0) is 24.1 Å². The summed E-state index contributed by atoms with van der Waals surface area (Å²) in [5, 5.41) is 9.12. The maximum Gasteiger partial charge on any atom is 0.310 e. The standard InChI is InChI=1S/C16H17NO4S/c1-12(16(18)19)14-9-5-6-10-15(14)17-22(20,21)11-13-7-3-2-4-8-13/h2-10,12,17H,11H2,1H3,(H,18,19)/t12-/m1/s1. The molecule has 5 nitrogen and oxygen atoms in total. The molecule has 0 spiro atoms. The van der Waals surface area contributed by atoms with Crippen molar-refractivity contribution in [3.8, 4) is 0 Å². The van der Waals surface area contributed by atoms with Gasteiger partial charge >= 0.3 is 5.97 Å². The Morgan fingerprint density at radius 1 is 1.09 bits per heavy atom. The number of carboxylic acids is 1. The Bertz CT molecular complexity index is 757. The molecule has 0 radical (unpaired) electrons. The molecule has 0 aliphatic rings. The largest absolute Gasteiger partial charge is 0.481 e. The molecule has 0 aromatic heterocycles. The third kappa shape index (κ3) is 4.08. The quantitative estimate of drug-likeness (QED) is 0.857. The second-order valence-electron chi connectivity index (χ2n) is 4.99. The lowest BCUT2D eigenvalue weighted by Gasteiger charge is -2.15. The number of para-hydroxylation sites is 1. The van der Waals surface area contributed by atoms with Crippen LogP contribution in [0.2, 0.25) is 0 Å². The maximum absolute atomic E-state index is 12.3. The molecule has 2 aromatic carbocycles. The van der Waals surface area contributed by atoms with Crippen LogP contribution < -0.4 is 4.72 Å². The monoisotopic (exact) mass is 319 g/mol. The lowest BCUT2D eigenvalue weighted by Crippen LogP contribution is -2.18. The van der Waals surface area contributed by atoms with Crippen LogP contribution in [-0.4, -0.2) is 19.5 Å². The van der Waals surface area contributed by atoms with Gasteiger partial charge in [0.2, 0.25) is 10.0 Å². The molecule has 0 heterocycles. The van der Waals surface area contributed by atoms with Crippen molar-refractivity contribution in [2.24, 2.45) is 0 Å². The van der Waals surface area contributed by atoms with Crippen LogP contribution in [0, 0.1) is 0 Å². The summed E-state index contributed by atoms with van der Waals surface area (Å²) in [6.07, 6.45) is 0. The van der Waals surface area contributed by atoms with E-state index in [2.05, 4.69) is 4.72 Å². The predicted octanol–water partition coefficient (Wildman–Crippen LogP) is 2.82. The van der Waals surface area contributed by atoms with Crippen LogP contribution >= 0.6 is 0 Å². The number of hydrogen-bond acceptors (Lipinski definition) is 3. The highest BCUT2D eigenvalue weighted by atomic mass is 32.2. The number of anilines is 1. The molecule has 1 atom stereocenters. The molecule has 0 saturated heterocycles. The zero-order chi connectivity index (χ0) is 16.2. The van der Waals surface area contributed by atoms with Crippen LogP contribution in [0.25, 0.3) is 0 Å². The summed E-state index contributed by atoms with van der Waals surface area (Å²) >= 11 is 0. The Morgan fingerprint density at radius 3 is 2.32 bits per heavy atom. The molecule has 2 aromatic rings. The zero-order valence-corrected chi connectivity index (χ0v) is 12.9. The molecular weight excluding hydrogens is 302 g/mol. The summed E-state index contributed by atoms with van der Waals surface area (Å²) in [6.45, 7) is 1.52. The highest BCUT2D eigenvalue weighted by Gasteiger charge is 2.20. The molecule has 2 N–H and O–H groups in total. The third-order valence-electron chi connectivity index (χ3n) is 3.26. The summed E-state index contributed by atoms with van der Waals surface area (Å²) < 4.78 is 27.0. The first-order valence-corrected chi connectivity index (χ1v) is 8.40. The first kappa shape index (κ1) is 16.0. The maximum atomic E-state index is 12.3. The molecule has 6 heteroatoms. The number of carboxylic acid groups (broad SMARTS) is 1. The fraction of sp³-hybridized carbons (Fsp3) is 0.188. The third-order valence-corrected chi connectivity index (χ3v) is 4.51. The van der Waals surface area contributed by atoms with Crippen LogP contribution in [0.1, 0.15) is 24.0 Å². The summed E-state index contributed by atoms with van der Waals surface area (Å²) in [4.78, 5) is 11.1. The summed E-state index contributed by atoms with van der Waals surface area (Å²) in [5.41, 5.74) is 1.40. The van der Waals surface area contributed by atoms with E-state index in [1.165, 1.54) is 6.92 Å². The van der Waals surface area contributed by atoms with E-state index in [4.69, 9.17) is 5.11 Å². The minimum Gasteiger partial charge on any atom is -0.481 e. The summed E-state index contributed by atoms with van der Waals surface area (Å²) in [6, 6.07) is 15.3. The molecule has 0 fully saturated rings. The van der Waals surface area contributed by atoms with Gasteiger partial charge in [0.25, 0.3) is 0 Å². The Hall–Kier alpha value is -2.34. The van der Waals surface area contributed by atoms with Gasteiger partial charge in [-0.15, -0.1) is 0 Å². The number of rotatable bonds is 6. The van der Waals surface area contributed by atoms with Crippen molar-refractivity contribution < 1.29 is 18.3 Å². The SMILES string of the molecule is C[C@@H](C(=O)O)c1ccccc1NS(=O)(=O)Cc1ccccc1. The summed E-state index contributed by atoms with van der Waals surface area (Å²) in [5.74, 6) is -1.96. The molecule has 2 rings (SSSR count). The van der Waals surface area contributed by atoms with E-state index in [-0.39, 0.29) is 5.75 Å². The van der Waals surface area contributed by atoms with Crippen LogP contribution in [0.4, 0.5) is 5.69 Å². The lowest BCUT2D eigenvalue weighted by molar-refractivity contribution is -0.138. The summed E-state index contributed by atoms with van der Waals surface area (Å²) in [7, 11) is -3.61. The second-order valence-corrected chi connectivity index (χ2v) is 6.72. The van der Waals surface area contributed by atoms with E-state index >= 15 is 0 Å². The molecule has 0 bridgehead atoms. The highest BCUT2D eigenvalue weighted by molar-refractivity contribution is 7.91. The first-order chi connectivity index (χ1) is 10.4. The Morgan fingerprint density at radius 2 is 1.68 bits per heavy atom. The van der Waals surface area contributed by atoms with E-state index in [0.717, 1.165) is 0 Å². The fourth-order valence-corrected chi connectivity index (χ4v) is 3.32. The second kappa shape index (κ2) is 6.62. The highest BCUT2D eigenvalue weighted by Crippen LogP contribution is 2.25. The number of benzene rings is 2. The zero-order valence-electron chi connectivity index (χ0n) is 12.1. The Labute approximate surface area is 129 Å². The molecule has 0 saturated carbocycles. The number of hydrogen-bond donors (Lipinski definition) is 2. The van der Waals surface area contributed by atoms with Crippen molar-refractivity contribution in [1.29, 1.82) is 0 Å². The van der Waals surface area contributed by atoms with Gasteiger partial charge in [-0.25, -0.2) is 8.42 Å². The normalized spacial score (nSPS) is 12.6. The van der Waals surface area contributed by atoms with Gasteiger partial charge in [0, 0.05) is 0 Å². The van der Waals surface area contributed by atoms with E-state index in [9.17, 15) is 13.2 Å². The number of aliphatic carboxylic acids is 1. The van der Waals surface area contributed by atoms with E-state index in [1.54, 1.807) is 48.5 Å². The molecule has 0 amide bonds. The number of nitrogens with one attached hydrogen (secondary N) is 1. The molecule has 0 aliphatic carbocycles. The van der Waals surface area contributed by atoms with Gasteiger partial charge < -0.3 is 5.11 Å². The van der Waals surface area contributed by atoms with E-state index in [0.29, 0.717) is 16.8 Å². The molecule has 0 unspecified atom stereocenters. The fourth-order valence-electron chi connectivity index (χ4n) is 2.10.